The molecular formula is C15H30N2S. The summed E-state index contributed by atoms with van der Waals surface area (Å²) in [4.78, 5) is 2.72. The van der Waals surface area contributed by atoms with Crippen molar-refractivity contribution < 1.29 is 0 Å². The van der Waals surface area contributed by atoms with Crippen molar-refractivity contribution in [1.82, 2.24) is 10.2 Å². The Bertz CT molecular complexity index is 249. The topological polar surface area (TPSA) is 15.3 Å². The molecule has 2 nitrogen and oxygen atoms in total. The molecular weight excluding hydrogens is 240 g/mol. The second kappa shape index (κ2) is 6.62. The van der Waals surface area contributed by atoms with Crippen molar-refractivity contribution in [2.45, 2.75) is 69.7 Å². The first kappa shape index (κ1) is 14.7. The van der Waals surface area contributed by atoms with Gasteiger partial charge in [-0.3, -0.25) is 4.90 Å². The van der Waals surface area contributed by atoms with Crippen LogP contribution in [0.25, 0.3) is 0 Å². The van der Waals surface area contributed by atoms with Gasteiger partial charge in [-0.25, -0.2) is 0 Å². The molecule has 0 bridgehead atoms. The molecule has 2 fully saturated rings. The normalized spacial score (nSPS) is 31.8. The average Bonchev–Trinajstić information content (AvgIpc) is 2.51. The van der Waals surface area contributed by atoms with Crippen LogP contribution in [0, 0.1) is 0 Å². The zero-order valence-electron chi connectivity index (χ0n) is 12.4. The van der Waals surface area contributed by atoms with E-state index in [2.05, 4.69) is 42.7 Å². The lowest BCUT2D eigenvalue weighted by Gasteiger charge is -2.33. The molecule has 0 amide bonds. The van der Waals surface area contributed by atoms with Gasteiger partial charge < -0.3 is 5.32 Å². The summed E-state index contributed by atoms with van der Waals surface area (Å²) < 4.78 is 0.484. The minimum atomic E-state index is 0.484. The third kappa shape index (κ3) is 4.43. The first-order valence-electron chi connectivity index (χ1n) is 7.68. The third-order valence-electron chi connectivity index (χ3n) is 4.53. The van der Waals surface area contributed by atoms with Crippen LogP contribution in [0.4, 0.5) is 0 Å². The summed E-state index contributed by atoms with van der Waals surface area (Å²) in [5.41, 5.74) is 0. The first-order chi connectivity index (χ1) is 8.57. The molecule has 2 aliphatic heterocycles. The van der Waals surface area contributed by atoms with Gasteiger partial charge in [-0.2, -0.15) is 11.8 Å². The van der Waals surface area contributed by atoms with Gasteiger partial charge in [0.1, 0.15) is 0 Å². The molecule has 0 spiro atoms. The third-order valence-corrected chi connectivity index (χ3v) is 5.91. The number of hydrogen-bond acceptors (Lipinski definition) is 3. The van der Waals surface area contributed by atoms with Crippen LogP contribution >= 0.6 is 11.8 Å². The zero-order chi connectivity index (χ0) is 13.0. The first-order valence-corrected chi connectivity index (χ1v) is 8.67. The standard InChI is InChI=1S/C15H30N2S/c1-13(12-14-6-4-5-8-16-14)17-9-7-15(2,3)18-11-10-17/h13-14,16H,4-12H2,1-3H3. The lowest BCUT2D eigenvalue weighted by atomic mass is 9.97. The molecule has 0 aromatic heterocycles. The van der Waals surface area contributed by atoms with Gasteiger partial charge in [-0.15, -0.1) is 0 Å². The van der Waals surface area contributed by atoms with Gasteiger partial charge in [0.25, 0.3) is 0 Å². The molecule has 2 atom stereocenters. The number of piperidine rings is 1. The van der Waals surface area contributed by atoms with E-state index in [1.165, 1.54) is 57.5 Å². The van der Waals surface area contributed by atoms with Crippen molar-refractivity contribution in [2.75, 3.05) is 25.4 Å². The highest BCUT2D eigenvalue weighted by Crippen LogP contribution is 2.31. The van der Waals surface area contributed by atoms with Crippen molar-refractivity contribution in [3.05, 3.63) is 0 Å². The Hall–Kier alpha value is 0.270. The summed E-state index contributed by atoms with van der Waals surface area (Å²) in [5, 5.41) is 3.69. The van der Waals surface area contributed by atoms with Crippen molar-refractivity contribution >= 4 is 11.8 Å². The Labute approximate surface area is 117 Å². The van der Waals surface area contributed by atoms with E-state index in [0.29, 0.717) is 4.75 Å². The Morgan fingerprint density at radius 1 is 1.33 bits per heavy atom. The maximum Gasteiger partial charge on any atom is 0.0116 e. The highest BCUT2D eigenvalue weighted by atomic mass is 32.2. The van der Waals surface area contributed by atoms with E-state index < -0.39 is 0 Å². The summed E-state index contributed by atoms with van der Waals surface area (Å²) in [6.45, 7) is 11.0. The minimum Gasteiger partial charge on any atom is -0.314 e. The van der Waals surface area contributed by atoms with Gasteiger partial charge in [0, 0.05) is 29.1 Å². The van der Waals surface area contributed by atoms with Crippen LogP contribution < -0.4 is 5.32 Å². The monoisotopic (exact) mass is 270 g/mol. The number of hydrogen-bond donors (Lipinski definition) is 1. The van der Waals surface area contributed by atoms with Crippen LogP contribution in [-0.2, 0) is 0 Å². The molecule has 2 saturated heterocycles. The summed E-state index contributed by atoms with van der Waals surface area (Å²) in [6, 6.07) is 1.52. The Morgan fingerprint density at radius 2 is 2.17 bits per heavy atom. The smallest absolute Gasteiger partial charge is 0.0116 e. The van der Waals surface area contributed by atoms with Crippen LogP contribution in [-0.4, -0.2) is 47.1 Å². The molecule has 2 heterocycles. The van der Waals surface area contributed by atoms with E-state index in [4.69, 9.17) is 0 Å². The molecule has 3 heteroatoms. The molecule has 0 aromatic carbocycles. The Morgan fingerprint density at radius 3 is 2.89 bits per heavy atom. The second-order valence-corrected chi connectivity index (χ2v) is 8.43. The summed E-state index contributed by atoms with van der Waals surface area (Å²) in [7, 11) is 0. The molecule has 2 unspecified atom stereocenters. The maximum atomic E-state index is 3.69. The van der Waals surface area contributed by atoms with Gasteiger partial charge in [-0.1, -0.05) is 20.3 Å². The van der Waals surface area contributed by atoms with Crippen LogP contribution in [0.3, 0.4) is 0 Å². The SMILES string of the molecule is CC(CC1CCCCN1)N1CCSC(C)(C)CC1. The van der Waals surface area contributed by atoms with E-state index in [1.807, 2.05) is 0 Å². The van der Waals surface area contributed by atoms with Gasteiger partial charge in [0.2, 0.25) is 0 Å². The minimum absolute atomic E-state index is 0.484. The van der Waals surface area contributed by atoms with Crippen molar-refractivity contribution in [2.24, 2.45) is 0 Å². The largest absolute Gasteiger partial charge is 0.314 e. The quantitative estimate of drug-likeness (QED) is 0.848. The zero-order valence-corrected chi connectivity index (χ0v) is 13.2. The van der Waals surface area contributed by atoms with Crippen LogP contribution in [0.2, 0.25) is 0 Å². The highest BCUT2D eigenvalue weighted by molar-refractivity contribution is 8.00. The molecule has 106 valence electrons. The molecule has 2 rings (SSSR count). The van der Waals surface area contributed by atoms with E-state index >= 15 is 0 Å². The van der Waals surface area contributed by atoms with E-state index in [9.17, 15) is 0 Å². The fraction of sp³-hybridized carbons (Fsp3) is 1.00. The van der Waals surface area contributed by atoms with E-state index in [-0.39, 0.29) is 0 Å². The van der Waals surface area contributed by atoms with Gasteiger partial charge >= 0.3 is 0 Å². The number of rotatable bonds is 3. The number of thioether (sulfide) groups is 1. The van der Waals surface area contributed by atoms with Crippen LogP contribution in [0.5, 0.6) is 0 Å². The van der Waals surface area contributed by atoms with Gasteiger partial charge in [-0.05, 0) is 45.7 Å². The Balaban J connectivity index is 1.79. The maximum absolute atomic E-state index is 3.69. The highest BCUT2D eigenvalue weighted by Gasteiger charge is 2.27. The lowest BCUT2D eigenvalue weighted by molar-refractivity contribution is 0.187. The number of nitrogens with one attached hydrogen (secondary N) is 1. The van der Waals surface area contributed by atoms with Crippen LogP contribution in [0.1, 0.15) is 52.9 Å². The fourth-order valence-corrected chi connectivity index (χ4v) is 4.28. The number of nitrogens with zero attached hydrogens (tertiary/aromatic N) is 1. The second-order valence-electron chi connectivity index (χ2n) is 6.63. The van der Waals surface area contributed by atoms with Gasteiger partial charge in [0.05, 0.1) is 0 Å². The molecule has 1 N–H and O–H groups in total. The van der Waals surface area contributed by atoms with Crippen LogP contribution in [0.15, 0.2) is 0 Å². The Kier molecular flexibility index (Phi) is 5.40. The molecule has 0 aromatic rings. The molecule has 18 heavy (non-hydrogen) atoms. The summed E-state index contributed by atoms with van der Waals surface area (Å²) >= 11 is 2.15. The molecule has 0 radical (unpaired) electrons. The molecule has 2 aliphatic rings. The molecule has 0 aliphatic carbocycles. The lowest BCUT2D eigenvalue weighted by Crippen LogP contribution is -2.42. The van der Waals surface area contributed by atoms with Crippen molar-refractivity contribution in [3.8, 4) is 0 Å². The fourth-order valence-electron chi connectivity index (χ4n) is 3.16. The summed E-state index contributed by atoms with van der Waals surface area (Å²) in [6.07, 6.45) is 6.86. The predicted octanol–water partition coefficient (Wildman–Crippen LogP) is 3.12. The predicted molar refractivity (Wildman–Crippen MR) is 82.4 cm³/mol. The summed E-state index contributed by atoms with van der Waals surface area (Å²) in [5.74, 6) is 1.30. The van der Waals surface area contributed by atoms with E-state index in [0.717, 1.165) is 12.1 Å². The van der Waals surface area contributed by atoms with Crippen molar-refractivity contribution in [3.63, 3.8) is 0 Å². The van der Waals surface area contributed by atoms with E-state index in [1.54, 1.807) is 0 Å². The van der Waals surface area contributed by atoms with Gasteiger partial charge in [0.15, 0.2) is 0 Å². The molecule has 0 saturated carbocycles. The average molecular weight is 270 g/mol. The van der Waals surface area contributed by atoms with Crippen molar-refractivity contribution in [1.29, 1.82) is 0 Å².